The Kier molecular flexibility index (Phi) is 4.28. The van der Waals surface area contributed by atoms with Crippen LogP contribution in [0.25, 0.3) is 0 Å². The van der Waals surface area contributed by atoms with Crippen LogP contribution in [0.5, 0.6) is 0 Å². The maximum atomic E-state index is 3.78. The Morgan fingerprint density at radius 3 is 2.74 bits per heavy atom. The van der Waals surface area contributed by atoms with Gasteiger partial charge in [-0.3, -0.25) is 0 Å². The molecule has 2 heteroatoms. The normalized spacial score (nSPS) is 31.6. The number of thiophene rings is 1. The average Bonchev–Trinajstić information content (AvgIpc) is 3.17. The Morgan fingerprint density at radius 1 is 1.26 bits per heavy atom. The number of nitrogens with one attached hydrogen (secondary N) is 1. The molecule has 2 fully saturated rings. The van der Waals surface area contributed by atoms with Crippen LogP contribution in [0.3, 0.4) is 0 Å². The fourth-order valence-electron chi connectivity index (χ4n) is 3.63. The maximum Gasteiger partial charge on any atom is 0.0109 e. The Morgan fingerprint density at radius 2 is 2.11 bits per heavy atom. The topological polar surface area (TPSA) is 12.0 Å². The van der Waals surface area contributed by atoms with Crippen molar-refractivity contribution >= 4 is 11.3 Å². The lowest BCUT2D eigenvalue weighted by molar-refractivity contribution is 0.227. The van der Waals surface area contributed by atoms with Crippen LogP contribution in [-0.2, 0) is 0 Å². The first-order chi connectivity index (χ1) is 9.28. The summed E-state index contributed by atoms with van der Waals surface area (Å²) < 4.78 is 0. The van der Waals surface area contributed by atoms with Crippen LogP contribution in [0.4, 0.5) is 0 Å². The molecule has 0 aromatic carbocycles. The lowest BCUT2D eigenvalue weighted by Gasteiger charge is -2.36. The fourth-order valence-corrected chi connectivity index (χ4v) is 4.76. The molecule has 0 aliphatic heterocycles. The molecule has 3 atom stereocenters. The quantitative estimate of drug-likeness (QED) is 0.821. The van der Waals surface area contributed by atoms with Gasteiger partial charge in [-0.15, -0.1) is 11.3 Å². The Balaban J connectivity index is 1.70. The highest BCUT2D eigenvalue weighted by Gasteiger charge is 2.33. The second-order valence-electron chi connectivity index (χ2n) is 6.60. The van der Waals surface area contributed by atoms with Gasteiger partial charge in [0.2, 0.25) is 0 Å². The summed E-state index contributed by atoms with van der Waals surface area (Å²) in [5.74, 6) is 2.66. The van der Waals surface area contributed by atoms with Crippen LogP contribution in [0.15, 0.2) is 11.4 Å². The molecule has 3 rings (SSSR count). The van der Waals surface area contributed by atoms with Crippen LogP contribution in [0.2, 0.25) is 0 Å². The molecule has 1 nitrogen and oxygen atoms in total. The van der Waals surface area contributed by atoms with Gasteiger partial charge in [0.15, 0.2) is 0 Å². The molecule has 0 amide bonds. The van der Waals surface area contributed by atoms with Crippen molar-refractivity contribution in [3.8, 4) is 0 Å². The lowest BCUT2D eigenvalue weighted by Crippen LogP contribution is -2.32. The zero-order chi connectivity index (χ0) is 13.2. The van der Waals surface area contributed by atoms with Gasteiger partial charge in [-0.25, -0.2) is 0 Å². The molecule has 2 aliphatic carbocycles. The molecular formula is C17H27NS. The SMILES string of the molecule is CCC1CCC(CNC2CC2)C(c2sccc2C)C1. The van der Waals surface area contributed by atoms with Crippen molar-refractivity contribution in [1.29, 1.82) is 0 Å². The van der Waals surface area contributed by atoms with E-state index in [9.17, 15) is 0 Å². The van der Waals surface area contributed by atoms with Crippen molar-refractivity contribution in [2.45, 2.75) is 64.3 Å². The molecule has 2 saturated carbocycles. The Labute approximate surface area is 121 Å². The van der Waals surface area contributed by atoms with Crippen molar-refractivity contribution in [3.05, 3.63) is 21.9 Å². The van der Waals surface area contributed by atoms with Gasteiger partial charge in [0.25, 0.3) is 0 Å². The third-order valence-corrected chi connectivity index (χ3v) is 6.31. The Bertz CT molecular complexity index is 407. The van der Waals surface area contributed by atoms with Gasteiger partial charge in [-0.05, 0) is 73.9 Å². The predicted octanol–water partition coefficient (Wildman–Crippen LogP) is 4.72. The summed E-state index contributed by atoms with van der Waals surface area (Å²) in [6.45, 7) is 5.92. The minimum absolute atomic E-state index is 0.824. The van der Waals surface area contributed by atoms with Crippen LogP contribution >= 0.6 is 11.3 Å². The molecule has 1 heterocycles. The Hall–Kier alpha value is -0.340. The predicted molar refractivity (Wildman–Crippen MR) is 83.9 cm³/mol. The molecule has 19 heavy (non-hydrogen) atoms. The van der Waals surface area contributed by atoms with Gasteiger partial charge in [0.05, 0.1) is 0 Å². The monoisotopic (exact) mass is 277 g/mol. The summed E-state index contributed by atoms with van der Waals surface area (Å²) >= 11 is 1.99. The molecule has 3 unspecified atom stereocenters. The van der Waals surface area contributed by atoms with E-state index in [1.165, 1.54) is 50.6 Å². The minimum atomic E-state index is 0.824. The minimum Gasteiger partial charge on any atom is -0.314 e. The van der Waals surface area contributed by atoms with E-state index in [1.54, 1.807) is 4.88 Å². The number of rotatable bonds is 5. The second kappa shape index (κ2) is 5.97. The van der Waals surface area contributed by atoms with Gasteiger partial charge in [0, 0.05) is 10.9 Å². The summed E-state index contributed by atoms with van der Waals surface area (Å²) in [4.78, 5) is 1.68. The van der Waals surface area contributed by atoms with Crippen molar-refractivity contribution in [2.75, 3.05) is 6.54 Å². The first-order valence-electron chi connectivity index (χ1n) is 8.05. The van der Waals surface area contributed by atoms with Gasteiger partial charge in [-0.1, -0.05) is 19.8 Å². The lowest BCUT2D eigenvalue weighted by atomic mass is 9.72. The molecule has 0 bridgehead atoms. The molecule has 1 N–H and O–H groups in total. The van der Waals surface area contributed by atoms with Crippen LogP contribution in [-0.4, -0.2) is 12.6 Å². The molecule has 2 aliphatic rings. The highest BCUT2D eigenvalue weighted by atomic mass is 32.1. The standard InChI is InChI=1S/C17H27NS/c1-3-13-4-5-14(11-18-15-6-7-15)16(10-13)17-12(2)8-9-19-17/h8-9,13-16,18H,3-7,10-11H2,1-2H3. The number of hydrogen-bond donors (Lipinski definition) is 1. The van der Waals surface area contributed by atoms with Gasteiger partial charge < -0.3 is 5.32 Å². The zero-order valence-corrected chi connectivity index (χ0v) is 13.1. The van der Waals surface area contributed by atoms with Gasteiger partial charge >= 0.3 is 0 Å². The largest absolute Gasteiger partial charge is 0.314 e. The van der Waals surface area contributed by atoms with E-state index < -0.39 is 0 Å². The third-order valence-electron chi connectivity index (χ3n) is 5.16. The number of aryl methyl sites for hydroxylation is 1. The van der Waals surface area contributed by atoms with E-state index in [2.05, 4.69) is 30.6 Å². The third kappa shape index (κ3) is 3.22. The first-order valence-corrected chi connectivity index (χ1v) is 8.93. The zero-order valence-electron chi connectivity index (χ0n) is 12.3. The number of hydrogen-bond acceptors (Lipinski definition) is 2. The summed E-state index contributed by atoms with van der Waals surface area (Å²) in [7, 11) is 0. The van der Waals surface area contributed by atoms with E-state index in [1.807, 2.05) is 11.3 Å². The molecular weight excluding hydrogens is 250 g/mol. The van der Waals surface area contributed by atoms with E-state index in [-0.39, 0.29) is 0 Å². The summed E-state index contributed by atoms with van der Waals surface area (Å²) in [5.41, 5.74) is 1.53. The van der Waals surface area contributed by atoms with Crippen molar-refractivity contribution in [3.63, 3.8) is 0 Å². The van der Waals surface area contributed by atoms with Crippen molar-refractivity contribution in [1.82, 2.24) is 5.32 Å². The molecule has 0 spiro atoms. The second-order valence-corrected chi connectivity index (χ2v) is 7.55. The fraction of sp³-hybridized carbons (Fsp3) is 0.765. The summed E-state index contributed by atoms with van der Waals surface area (Å²) in [5, 5.41) is 6.06. The van der Waals surface area contributed by atoms with Crippen LogP contribution in [0, 0.1) is 18.8 Å². The van der Waals surface area contributed by atoms with Crippen molar-refractivity contribution in [2.24, 2.45) is 11.8 Å². The van der Waals surface area contributed by atoms with Crippen LogP contribution in [0.1, 0.15) is 61.8 Å². The molecule has 1 aromatic heterocycles. The summed E-state index contributed by atoms with van der Waals surface area (Å²) in [6.07, 6.45) is 8.49. The molecule has 0 saturated heterocycles. The van der Waals surface area contributed by atoms with E-state index in [0.29, 0.717) is 0 Å². The van der Waals surface area contributed by atoms with E-state index in [4.69, 9.17) is 0 Å². The van der Waals surface area contributed by atoms with Gasteiger partial charge in [-0.2, -0.15) is 0 Å². The van der Waals surface area contributed by atoms with E-state index in [0.717, 1.165) is 23.8 Å². The van der Waals surface area contributed by atoms with Crippen molar-refractivity contribution < 1.29 is 0 Å². The smallest absolute Gasteiger partial charge is 0.0109 e. The average molecular weight is 277 g/mol. The van der Waals surface area contributed by atoms with Gasteiger partial charge in [0.1, 0.15) is 0 Å². The first kappa shape index (κ1) is 13.6. The maximum absolute atomic E-state index is 3.78. The highest BCUT2D eigenvalue weighted by molar-refractivity contribution is 7.10. The van der Waals surface area contributed by atoms with E-state index >= 15 is 0 Å². The summed E-state index contributed by atoms with van der Waals surface area (Å²) in [6, 6.07) is 3.16. The molecule has 1 aromatic rings. The molecule has 106 valence electrons. The van der Waals surface area contributed by atoms with Crippen LogP contribution < -0.4 is 5.32 Å². The molecule has 0 radical (unpaired) electrons. The highest BCUT2D eigenvalue weighted by Crippen LogP contribution is 2.44.